The molecule has 0 aliphatic heterocycles. The Hall–Kier alpha value is -0.380. The van der Waals surface area contributed by atoms with Crippen LogP contribution in [0.25, 0.3) is 0 Å². The molecule has 1 aromatic rings. The molecule has 0 atom stereocenters. The lowest BCUT2D eigenvalue weighted by Gasteiger charge is -2.35. The number of rotatable bonds is 4. The predicted molar refractivity (Wildman–Crippen MR) is 71.1 cm³/mol. The van der Waals surface area contributed by atoms with Gasteiger partial charge >= 0.3 is 0 Å². The molecule has 1 aliphatic carbocycles. The van der Waals surface area contributed by atoms with Crippen LogP contribution in [0.1, 0.15) is 30.4 Å². The molecule has 0 unspecified atom stereocenters. The third kappa shape index (κ3) is 2.65. The standard InChI is InChI=1S/C13H19BrN2/c1-16(12-3-2-4-12)9-11-6-5-10(8-15)7-13(11)14/h5-7,12H,2-4,8-9,15H2,1H3. The number of hydrogen-bond acceptors (Lipinski definition) is 2. The van der Waals surface area contributed by atoms with E-state index < -0.39 is 0 Å². The Labute approximate surface area is 106 Å². The summed E-state index contributed by atoms with van der Waals surface area (Å²) in [6.07, 6.45) is 4.10. The van der Waals surface area contributed by atoms with Crippen molar-refractivity contribution in [2.45, 2.75) is 38.4 Å². The predicted octanol–water partition coefficient (Wildman–Crippen LogP) is 2.89. The Morgan fingerprint density at radius 2 is 2.19 bits per heavy atom. The Kier molecular flexibility index (Phi) is 4.00. The summed E-state index contributed by atoms with van der Waals surface area (Å²) in [7, 11) is 2.22. The summed E-state index contributed by atoms with van der Waals surface area (Å²) in [5.41, 5.74) is 8.15. The van der Waals surface area contributed by atoms with Crippen LogP contribution in [0, 0.1) is 0 Å². The van der Waals surface area contributed by atoms with Gasteiger partial charge in [0.25, 0.3) is 0 Å². The highest BCUT2D eigenvalue weighted by Gasteiger charge is 2.22. The van der Waals surface area contributed by atoms with E-state index in [4.69, 9.17) is 5.73 Å². The first-order chi connectivity index (χ1) is 7.70. The van der Waals surface area contributed by atoms with Crippen molar-refractivity contribution in [2.24, 2.45) is 5.73 Å². The van der Waals surface area contributed by atoms with E-state index in [2.05, 4.69) is 46.1 Å². The number of halogens is 1. The molecule has 0 spiro atoms. The second-order valence-corrected chi connectivity index (χ2v) is 5.48. The lowest BCUT2D eigenvalue weighted by molar-refractivity contribution is 0.152. The Balaban J connectivity index is 2.03. The highest BCUT2D eigenvalue weighted by Crippen LogP contribution is 2.27. The molecule has 16 heavy (non-hydrogen) atoms. The fourth-order valence-electron chi connectivity index (χ4n) is 2.07. The lowest BCUT2D eigenvalue weighted by Crippen LogP contribution is -2.36. The second-order valence-electron chi connectivity index (χ2n) is 4.63. The van der Waals surface area contributed by atoms with Gasteiger partial charge in [0.1, 0.15) is 0 Å². The topological polar surface area (TPSA) is 29.3 Å². The van der Waals surface area contributed by atoms with Gasteiger partial charge in [-0.1, -0.05) is 34.5 Å². The van der Waals surface area contributed by atoms with Crippen LogP contribution in [0.4, 0.5) is 0 Å². The molecule has 1 fully saturated rings. The van der Waals surface area contributed by atoms with E-state index >= 15 is 0 Å². The largest absolute Gasteiger partial charge is 0.326 e. The fraction of sp³-hybridized carbons (Fsp3) is 0.538. The molecule has 0 radical (unpaired) electrons. The lowest BCUT2D eigenvalue weighted by atomic mass is 9.91. The third-order valence-electron chi connectivity index (χ3n) is 3.47. The van der Waals surface area contributed by atoms with E-state index in [0.717, 1.165) is 12.6 Å². The number of hydrogen-bond donors (Lipinski definition) is 1. The van der Waals surface area contributed by atoms with Crippen molar-refractivity contribution in [3.63, 3.8) is 0 Å². The zero-order valence-electron chi connectivity index (χ0n) is 9.75. The Bertz CT molecular complexity index is 361. The molecule has 2 nitrogen and oxygen atoms in total. The van der Waals surface area contributed by atoms with E-state index in [0.29, 0.717) is 6.54 Å². The smallest absolute Gasteiger partial charge is 0.0244 e. The first kappa shape index (κ1) is 12.1. The first-order valence-corrected chi connectivity index (χ1v) is 6.67. The molecule has 2 rings (SSSR count). The van der Waals surface area contributed by atoms with Crippen LogP contribution >= 0.6 is 15.9 Å². The maximum Gasteiger partial charge on any atom is 0.0244 e. The van der Waals surface area contributed by atoms with Crippen molar-refractivity contribution in [1.29, 1.82) is 0 Å². The van der Waals surface area contributed by atoms with E-state index in [9.17, 15) is 0 Å². The van der Waals surface area contributed by atoms with Crippen LogP contribution in [-0.2, 0) is 13.1 Å². The molecule has 0 bridgehead atoms. The minimum absolute atomic E-state index is 0.608. The van der Waals surface area contributed by atoms with Crippen LogP contribution in [-0.4, -0.2) is 18.0 Å². The quantitative estimate of drug-likeness (QED) is 0.920. The van der Waals surface area contributed by atoms with E-state index in [1.807, 2.05) is 0 Å². The van der Waals surface area contributed by atoms with Gasteiger partial charge in [-0.15, -0.1) is 0 Å². The zero-order valence-corrected chi connectivity index (χ0v) is 11.3. The molecule has 0 heterocycles. The molecule has 88 valence electrons. The van der Waals surface area contributed by atoms with E-state index in [1.54, 1.807) is 0 Å². The molecule has 3 heteroatoms. The van der Waals surface area contributed by atoms with Crippen molar-refractivity contribution in [1.82, 2.24) is 4.90 Å². The van der Waals surface area contributed by atoms with E-state index in [1.165, 1.54) is 34.9 Å². The summed E-state index contributed by atoms with van der Waals surface area (Å²) in [6.45, 7) is 1.63. The van der Waals surface area contributed by atoms with Crippen molar-refractivity contribution in [2.75, 3.05) is 7.05 Å². The van der Waals surface area contributed by atoms with Gasteiger partial charge in [0.15, 0.2) is 0 Å². The molecule has 0 saturated heterocycles. The zero-order chi connectivity index (χ0) is 11.5. The minimum atomic E-state index is 0.608. The normalized spacial score (nSPS) is 16.5. The Morgan fingerprint density at radius 3 is 2.69 bits per heavy atom. The van der Waals surface area contributed by atoms with Crippen LogP contribution in [0.2, 0.25) is 0 Å². The maximum atomic E-state index is 5.62. The van der Waals surface area contributed by atoms with Gasteiger partial charge in [-0.3, -0.25) is 4.90 Å². The monoisotopic (exact) mass is 282 g/mol. The van der Waals surface area contributed by atoms with Crippen LogP contribution in [0.5, 0.6) is 0 Å². The van der Waals surface area contributed by atoms with Crippen molar-refractivity contribution >= 4 is 15.9 Å². The maximum absolute atomic E-state index is 5.62. The van der Waals surface area contributed by atoms with Crippen molar-refractivity contribution < 1.29 is 0 Å². The minimum Gasteiger partial charge on any atom is -0.326 e. The highest BCUT2D eigenvalue weighted by atomic mass is 79.9. The highest BCUT2D eigenvalue weighted by molar-refractivity contribution is 9.10. The number of nitrogens with two attached hydrogens (primary N) is 1. The molecule has 0 amide bonds. The number of benzene rings is 1. The Morgan fingerprint density at radius 1 is 1.44 bits per heavy atom. The van der Waals surface area contributed by atoms with Crippen molar-refractivity contribution in [3.05, 3.63) is 33.8 Å². The van der Waals surface area contributed by atoms with Crippen LogP contribution in [0.3, 0.4) is 0 Å². The van der Waals surface area contributed by atoms with Gasteiger partial charge in [-0.25, -0.2) is 0 Å². The molecule has 0 aromatic heterocycles. The molecule has 1 saturated carbocycles. The first-order valence-electron chi connectivity index (χ1n) is 5.88. The summed E-state index contributed by atoms with van der Waals surface area (Å²) in [5.74, 6) is 0. The van der Waals surface area contributed by atoms with E-state index in [-0.39, 0.29) is 0 Å². The molecule has 1 aromatic carbocycles. The second kappa shape index (κ2) is 5.30. The van der Waals surface area contributed by atoms with Gasteiger partial charge in [-0.05, 0) is 37.1 Å². The van der Waals surface area contributed by atoms with Crippen molar-refractivity contribution in [3.8, 4) is 0 Å². The SMILES string of the molecule is CN(Cc1ccc(CN)cc1Br)C1CCC1. The average molecular weight is 283 g/mol. The van der Waals surface area contributed by atoms with Crippen LogP contribution < -0.4 is 5.73 Å². The van der Waals surface area contributed by atoms with Gasteiger partial charge in [0.05, 0.1) is 0 Å². The molecule has 2 N–H and O–H groups in total. The summed E-state index contributed by atoms with van der Waals surface area (Å²) in [6, 6.07) is 7.22. The summed E-state index contributed by atoms with van der Waals surface area (Å²) in [4.78, 5) is 2.45. The third-order valence-corrected chi connectivity index (χ3v) is 4.21. The molecular weight excluding hydrogens is 264 g/mol. The van der Waals surface area contributed by atoms with Gasteiger partial charge in [0, 0.05) is 23.6 Å². The summed E-state index contributed by atoms with van der Waals surface area (Å²) >= 11 is 3.62. The molecule has 1 aliphatic rings. The summed E-state index contributed by atoms with van der Waals surface area (Å²) < 4.78 is 1.18. The fourth-order valence-corrected chi connectivity index (χ4v) is 2.62. The number of nitrogens with zero attached hydrogens (tertiary/aromatic N) is 1. The van der Waals surface area contributed by atoms with Gasteiger partial charge in [-0.2, -0.15) is 0 Å². The van der Waals surface area contributed by atoms with Gasteiger partial charge in [0.2, 0.25) is 0 Å². The summed E-state index contributed by atoms with van der Waals surface area (Å²) in [5, 5.41) is 0. The van der Waals surface area contributed by atoms with Gasteiger partial charge < -0.3 is 5.73 Å². The average Bonchev–Trinajstić information content (AvgIpc) is 2.18. The van der Waals surface area contributed by atoms with Crippen LogP contribution in [0.15, 0.2) is 22.7 Å². The molecular formula is C13H19BrN2.